The number of imidazole rings is 1. The van der Waals surface area contributed by atoms with Crippen molar-refractivity contribution in [2.24, 2.45) is 0 Å². The Kier molecular flexibility index (Phi) is 3.29. The highest BCUT2D eigenvalue weighted by atomic mass is 14.9. The third kappa shape index (κ3) is 2.63. The fourth-order valence-corrected chi connectivity index (χ4v) is 1.93. The summed E-state index contributed by atoms with van der Waals surface area (Å²) in [5, 5.41) is 0. The molecule has 0 aliphatic rings. The summed E-state index contributed by atoms with van der Waals surface area (Å²) in [7, 11) is 0. The zero-order valence-electron chi connectivity index (χ0n) is 11.9. The van der Waals surface area contributed by atoms with Gasteiger partial charge < -0.3 is 4.98 Å². The van der Waals surface area contributed by atoms with E-state index in [2.05, 4.69) is 68.9 Å². The van der Waals surface area contributed by atoms with E-state index in [0.717, 1.165) is 11.5 Å². The number of nitrogens with one attached hydrogen (secondary N) is 1. The maximum absolute atomic E-state index is 4.43. The molecule has 2 aromatic rings. The van der Waals surface area contributed by atoms with E-state index in [1.165, 1.54) is 11.1 Å². The lowest BCUT2D eigenvalue weighted by atomic mass is 9.86. The Morgan fingerprint density at radius 1 is 1.17 bits per heavy atom. The van der Waals surface area contributed by atoms with E-state index >= 15 is 0 Å². The molecular formula is C16H22N2. The molecule has 0 amide bonds. The van der Waals surface area contributed by atoms with Crippen LogP contribution in [-0.4, -0.2) is 9.97 Å². The van der Waals surface area contributed by atoms with Crippen LogP contribution < -0.4 is 0 Å². The molecule has 18 heavy (non-hydrogen) atoms. The summed E-state index contributed by atoms with van der Waals surface area (Å²) in [5.41, 5.74) is 3.84. The molecule has 1 heterocycles. The smallest absolute Gasteiger partial charge is 0.109 e. The van der Waals surface area contributed by atoms with Gasteiger partial charge in [-0.05, 0) is 22.6 Å². The van der Waals surface area contributed by atoms with Crippen LogP contribution in [0.25, 0.3) is 11.3 Å². The van der Waals surface area contributed by atoms with Gasteiger partial charge in [-0.2, -0.15) is 0 Å². The zero-order chi connectivity index (χ0) is 13.3. The molecule has 0 radical (unpaired) electrons. The summed E-state index contributed by atoms with van der Waals surface area (Å²) in [6.07, 6.45) is 1.93. The van der Waals surface area contributed by atoms with E-state index in [9.17, 15) is 0 Å². The summed E-state index contributed by atoms with van der Waals surface area (Å²) >= 11 is 0. The minimum Gasteiger partial charge on any atom is -0.342 e. The molecule has 0 aliphatic heterocycles. The van der Waals surface area contributed by atoms with Gasteiger partial charge in [0.05, 0.1) is 11.9 Å². The summed E-state index contributed by atoms with van der Waals surface area (Å²) in [6.45, 7) is 11.0. The third-order valence-electron chi connectivity index (χ3n) is 3.18. The van der Waals surface area contributed by atoms with Crippen molar-refractivity contribution < 1.29 is 0 Å². The number of hydrogen-bond donors (Lipinski definition) is 1. The number of H-pyrrole nitrogens is 1. The van der Waals surface area contributed by atoms with Gasteiger partial charge in [0, 0.05) is 5.92 Å². The van der Waals surface area contributed by atoms with Crippen molar-refractivity contribution >= 4 is 0 Å². The second-order valence-electron chi connectivity index (χ2n) is 6.17. The number of benzene rings is 1. The second-order valence-corrected chi connectivity index (χ2v) is 6.17. The van der Waals surface area contributed by atoms with Gasteiger partial charge in [-0.3, -0.25) is 0 Å². The molecule has 0 unspecified atom stereocenters. The predicted molar refractivity (Wildman–Crippen MR) is 76.8 cm³/mol. The molecule has 1 N–H and O–H groups in total. The van der Waals surface area contributed by atoms with Crippen molar-refractivity contribution in [2.75, 3.05) is 0 Å². The molecule has 2 rings (SSSR count). The maximum Gasteiger partial charge on any atom is 0.109 e. The third-order valence-corrected chi connectivity index (χ3v) is 3.18. The van der Waals surface area contributed by atoms with Gasteiger partial charge in [-0.25, -0.2) is 4.98 Å². The van der Waals surface area contributed by atoms with E-state index in [1.54, 1.807) is 0 Å². The highest BCUT2D eigenvalue weighted by molar-refractivity contribution is 5.60. The Morgan fingerprint density at radius 3 is 2.44 bits per heavy atom. The molecule has 96 valence electrons. The van der Waals surface area contributed by atoms with Crippen LogP contribution in [-0.2, 0) is 5.41 Å². The molecule has 0 atom stereocenters. The number of rotatable bonds is 2. The lowest BCUT2D eigenvalue weighted by Crippen LogP contribution is -2.10. The van der Waals surface area contributed by atoms with Gasteiger partial charge in [-0.15, -0.1) is 0 Å². The molecule has 0 fully saturated rings. The average molecular weight is 242 g/mol. The Labute approximate surface area is 109 Å². The van der Waals surface area contributed by atoms with E-state index in [-0.39, 0.29) is 5.41 Å². The molecule has 2 heteroatoms. The summed E-state index contributed by atoms with van der Waals surface area (Å²) in [5.74, 6) is 1.48. The van der Waals surface area contributed by atoms with E-state index in [1.807, 2.05) is 6.20 Å². The first kappa shape index (κ1) is 12.9. The Balaban J connectivity index is 2.38. The van der Waals surface area contributed by atoms with E-state index < -0.39 is 0 Å². The molecule has 1 aromatic heterocycles. The fourth-order valence-electron chi connectivity index (χ4n) is 1.93. The van der Waals surface area contributed by atoms with Crippen molar-refractivity contribution in [2.45, 2.75) is 46.0 Å². The van der Waals surface area contributed by atoms with Crippen LogP contribution in [0.3, 0.4) is 0 Å². The van der Waals surface area contributed by atoms with Crippen LogP contribution in [0.15, 0.2) is 30.5 Å². The van der Waals surface area contributed by atoms with Crippen molar-refractivity contribution in [1.82, 2.24) is 9.97 Å². The molecule has 2 nitrogen and oxygen atoms in total. The summed E-state index contributed by atoms with van der Waals surface area (Å²) in [6, 6.07) is 8.68. The minimum atomic E-state index is 0.177. The van der Waals surface area contributed by atoms with Gasteiger partial charge in [0.15, 0.2) is 0 Å². The van der Waals surface area contributed by atoms with Gasteiger partial charge in [-0.1, -0.05) is 52.8 Å². The van der Waals surface area contributed by atoms with E-state index in [0.29, 0.717) is 5.92 Å². The minimum absolute atomic E-state index is 0.177. The first-order chi connectivity index (χ1) is 8.38. The number of nitrogens with zero attached hydrogens (tertiary/aromatic N) is 1. The molecule has 0 saturated heterocycles. The molecule has 0 aliphatic carbocycles. The first-order valence-electron chi connectivity index (χ1n) is 6.54. The first-order valence-corrected chi connectivity index (χ1v) is 6.54. The van der Waals surface area contributed by atoms with Crippen molar-refractivity contribution in [3.05, 3.63) is 41.9 Å². The standard InChI is InChI=1S/C16H22N2/c1-11(2)15-17-10-14(18-15)12-7-6-8-13(9-12)16(3,4)5/h6-11H,1-5H3,(H,17,18). The molecule has 0 bridgehead atoms. The average Bonchev–Trinajstić information content (AvgIpc) is 2.77. The van der Waals surface area contributed by atoms with Gasteiger partial charge in [0.25, 0.3) is 0 Å². The number of hydrogen-bond acceptors (Lipinski definition) is 1. The normalized spacial score (nSPS) is 12.1. The quantitative estimate of drug-likeness (QED) is 0.825. The van der Waals surface area contributed by atoms with Crippen LogP contribution >= 0.6 is 0 Å². The van der Waals surface area contributed by atoms with Crippen LogP contribution in [0, 0.1) is 0 Å². The van der Waals surface area contributed by atoms with Crippen molar-refractivity contribution in [3.63, 3.8) is 0 Å². The van der Waals surface area contributed by atoms with Crippen LogP contribution in [0.2, 0.25) is 0 Å². The highest BCUT2D eigenvalue weighted by Crippen LogP contribution is 2.27. The summed E-state index contributed by atoms with van der Waals surface area (Å²) in [4.78, 5) is 7.82. The Bertz CT molecular complexity index is 530. The van der Waals surface area contributed by atoms with E-state index in [4.69, 9.17) is 0 Å². The van der Waals surface area contributed by atoms with Crippen LogP contribution in [0.1, 0.15) is 51.9 Å². The number of aromatic nitrogens is 2. The predicted octanol–water partition coefficient (Wildman–Crippen LogP) is 4.50. The van der Waals surface area contributed by atoms with Crippen molar-refractivity contribution in [1.29, 1.82) is 0 Å². The van der Waals surface area contributed by atoms with Gasteiger partial charge >= 0.3 is 0 Å². The highest BCUT2D eigenvalue weighted by Gasteiger charge is 2.14. The van der Waals surface area contributed by atoms with Crippen LogP contribution in [0.5, 0.6) is 0 Å². The summed E-state index contributed by atoms with van der Waals surface area (Å²) < 4.78 is 0. The Hall–Kier alpha value is -1.57. The maximum atomic E-state index is 4.43. The lowest BCUT2D eigenvalue weighted by Gasteiger charge is -2.19. The monoisotopic (exact) mass is 242 g/mol. The largest absolute Gasteiger partial charge is 0.342 e. The van der Waals surface area contributed by atoms with Gasteiger partial charge in [0.1, 0.15) is 5.82 Å². The second kappa shape index (κ2) is 4.60. The fraction of sp³-hybridized carbons (Fsp3) is 0.438. The lowest BCUT2D eigenvalue weighted by molar-refractivity contribution is 0.590. The molecular weight excluding hydrogens is 220 g/mol. The topological polar surface area (TPSA) is 28.7 Å². The molecule has 1 aromatic carbocycles. The number of aromatic amines is 1. The Morgan fingerprint density at radius 2 is 1.89 bits per heavy atom. The van der Waals surface area contributed by atoms with Crippen LogP contribution in [0.4, 0.5) is 0 Å². The van der Waals surface area contributed by atoms with Gasteiger partial charge in [0.2, 0.25) is 0 Å². The molecule has 0 saturated carbocycles. The van der Waals surface area contributed by atoms with Crippen molar-refractivity contribution in [3.8, 4) is 11.3 Å². The molecule has 0 spiro atoms. The SMILES string of the molecule is CC(C)c1ncc(-c2cccc(C(C)(C)C)c2)[nH]1. The zero-order valence-corrected chi connectivity index (χ0v) is 11.9.